The van der Waals surface area contributed by atoms with Crippen molar-refractivity contribution in [3.63, 3.8) is 0 Å². The quantitative estimate of drug-likeness (QED) is 0.868. The summed E-state index contributed by atoms with van der Waals surface area (Å²) in [6, 6.07) is 6.84. The lowest BCUT2D eigenvalue weighted by Gasteiger charge is -2.24. The van der Waals surface area contributed by atoms with E-state index in [1.807, 2.05) is 13.1 Å². The van der Waals surface area contributed by atoms with E-state index in [1.165, 1.54) is 25.3 Å². The first-order valence-electron chi connectivity index (χ1n) is 6.43. The van der Waals surface area contributed by atoms with Crippen molar-refractivity contribution in [2.24, 2.45) is 5.92 Å². The minimum atomic E-state index is -0.156. The molecule has 1 aliphatic heterocycles. The summed E-state index contributed by atoms with van der Waals surface area (Å²) < 4.78 is 13.1. The summed E-state index contributed by atoms with van der Waals surface area (Å²) in [6.07, 6.45) is 3.74. The molecule has 0 radical (unpaired) electrons. The summed E-state index contributed by atoms with van der Waals surface area (Å²) in [5.74, 6) is 0.565. The monoisotopic (exact) mass is 236 g/mol. The van der Waals surface area contributed by atoms with Crippen LogP contribution in [0, 0.1) is 11.7 Å². The molecular formula is C14H21FN2. The molecule has 1 atom stereocenters. The third-order valence-electron chi connectivity index (χ3n) is 3.48. The van der Waals surface area contributed by atoms with E-state index < -0.39 is 0 Å². The predicted molar refractivity (Wildman–Crippen MR) is 69.9 cm³/mol. The Bertz CT molecular complexity index is 346. The first-order chi connectivity index (χ1) is 8.25. The van der Waals surface area contributed by atoms with Gasteiger partial charge in [0.15, 0.2) is 0 Å². The molecule has 1 heterocycles. The van der Waals surface area contributed by atoms with Gasteiger partial charge in [0.2, 0.25) is 0 Å². The fourth-order valence-electron chi connectivity index (χ4n) is 2.48. The summed E-state index contributed by atoms with van der Waals surface area (Å²) in [5.41, 5.74) is 0.974. The van der Waals surface area contributed by atoms with Gasteiger partial charge >= 0.3 is 0 Å². The number of nitrogens with zero attached hydrogens (tertiary/aromatic N) is 1. The van der Waals surface area contributed by atoms with Gasteiger partial charge in [-0.1, -0.05) is 6.07 Å². The lowest BCUT2D eigenvalue weighted by atomic mass is 10.00. The van der Waals surface area contributed by atoms with Crippen LogP contribution in [0.4, 0.5) is 10.1 Å². The topological polar surface area (TPSA) is 15.3 Å². The molecule has 1 N–H and O–H groups in total. The Labute approximate surface area is 103 Å². The standard InChI is InChI=1S/C14H21FN2/c1-17(14-6-2-5-13(15)10-14)11-12-4-3-8-16-9-7-12/h2,5-6,10,12,16H,3-4,7-9,11H2,1H3. The smallest absolute Gasteiger partial charge is 0.125 e. The highest BCUT2D eigenvalue weighted by molar-refractivity contribution is 5.45. The Balaban J connectivity index is 1.93. The number of anilines is 1. The van der Waals surface area contributed by atoms with Gasteiger partial charge in [0.25, 0.3) is 0 Å². The Hall–Kier alpha value is -1.09. The zero-order valence-corrected chi connectivity index (χ0v) is 10.5. The van der Waals surface area contributed by atoms with Crippen LogP contribution in [0.1, 0.15) is 19.3 Å². The fourth-order valence-corrected chi connectivity index (χ4v) is 2.48. The van der Waals surface area contributed by atoms with Gasteiger partial charge in [-0.3, -0.25) is 0 Å². The van der Waals surface area contributed by atoms with Gasteiger partial charge in [0.05, 0.1) is 0 Å². The molecule has 0 bridgehead atoms. The molecule has 2 rings (SSSR count). The third kappa shape index (κ3) is 3.70. The van der Waals surface area contributed by atoms with Gasteiger partial charge in [-0.15, -0.1) is 0 Å². The van der Waals surface area contributed by atoms with Crippen LogP contribution >= 0.6 is 0 Å². The first kappa shape index (κ1) is 12.4. The molecule has 3 heteroatoms. The summed E-state index contributed by atoms with van der Waals surface area (Å²) in [5, 5.41) is 3.42. The van der Waals surface area contributed by atoms with Crippen molar-refractivity contribution < 1.29 is 4.39 Å². The molecule has 1 aromatic rings. The van der Waals surface area contributed by atoms with Crippen LogP contribution < -0.4 is 10.2 Å². The molecular weight excluding hydrogens is 215 g/mol. The molecule has 0 aromatic heterocycles. The fraction of sp³-hybridized carbons (Fsp3) is 0.571. The highest BCUT2D eigenvalue weighted by Crippen LogP contribution is 2.19. The van der Waals surface area contributed by atoms with E-state index in [0.717, 1.165) is 31.2 Å². The summed E-state index contributed by atoms with van der Waals surface area (Å²) in [7, 11) is 2.05. The van der Waals surface area contributed by atoms with Gasteiger partial charge in [-0.2, -0.15) is 0 Å². The molecule has 0 aliphatic carbocycles. The molecule has 0 saturated carbocycles. The zero-order chi connectivity index (χ0) is 12.1. The molecule has 0 amide bonds. The maximum absolute atomic E-state index is 13.1. The lowest BCUT2D eigenvalue weighted by molar-refractivity contribution is 0.474. The number of nitrogens with one attached hydrogen (secondary N) is 1. The van der Waals surface area contributed by atoms with E-state index >= 15 is 0 Å². The molecule has 1 saturated heterocycles. The molecule has 0 spiro atoms. The molecule has 94 valence electrons. The lowest BCUT2D eigenvalue weighted by Crippen LogP contribution is -2.26. The highest BCUT2D eigenvalue weighted by Gasteiger charge is 2.14. The van der Waals surface area contributed by atoms with Crippen molar-refractivity contribution in [1.82, 2.24) is 5.32 Å². The summed E-state index contributed by atoms with van der Waals surface area (Å²) in [4.78, 5) is 2.17. The average molecular weight is 236 g/mol. The van der Waals surface area contributed by atoms with Crippen LogP contribution in [0.5, 0.6) is 0 Å². The van der Waals surface area contributed by atoms with E-state index in [-0.39, 0.29) is 5.82 Å². The second kappa shape index (κ2) is 6.01. The van der Waals surface area contributed by atoms with Gasteiger partial charge in [0, 0.05) is 19.3 Å². The van der Waals surface area contributed by atoms with Crippen molar-refractivity contribution in [3.8, 4) is 0 Å². The maximum Gasteiger partial charge on any atom is 0.125 e. The van der Waals surface area contributed by atoms with Crippen LogP contribution in [0.2, 0.25) is 0 Å². The van der Waals surface area contributed by atoms with Gasteiger partial charge in [-0.25, -0.2) is 4.39 Å². The van der Waals surface area contributed by atoms with Crippen LogP contribution in [0.3, 0.4) is 0 Å². The van der Waals surface area contributed by atoms with Crippen molar-refractivity contribution >= 4 is 5.69 Å². The molecule has 1 unspecified atom stereocenters. The normalized spacial score (nSPS) is 20.9. The van der Waals surface area contributed by atoms with Crippen molar-refractivity contribution in [3.05, 3.63) is 30.1 Å². The van der Waals surface area contributed by atoms with E-state index in [9.17, 15) is 4.39 Å². The average Bonchev–Trinajstić information content (AvgIpc) is 2.57. The van der Waals surface area contributed by atoms with Crippen LogP contribution in [0.15, 0.2) is 24.3 Å². The number of hydrogen-bond donors (Lipinski definition) is 1. The Morgan fingerprint density at radius 1 is 1.35 bits per heavy atom. The zero-order valence-electron chi connectivity index (χ0n) is 10.5. The van der Waals surface area contributed by atoms with Gasteiger partial charge in [-0.05, 0) is 56.5 Å². The van der Waals surface area contributed by atoms with Crippen molar-refractivity contribution in [2.45, 2.75) is 19.3 Å². The third-order valence-corrected chi connectivity index (χ3v) is 3.48. The summed E-state index contributed by atoms with van der Waals surface area (Å²) >= 11 is 0. The number of hydrogen-bond acceptors (Lipinski definition) is 2. The first-order valence-corrected chi connectivity index (χ1v) is 6.43. The largest absolute Gasteiger partial charge is 0.374 e. The Morgan fingerprint density at radius 2 is 2.24 bits per heavy atom. The predicted octanol–water partition coefficient (Wildman–Crippen LogP) is 2.65. The van der Waals surface area contributed by atoms with Crippen molar-refractivity contribution in [1.29, 1.82) is 0 Å². The maximum atomic E-state index is 13.1. The van der Waals surface area contributed by atoms with E-state index in [0.29, 0.717) is 0 Å². The molecule has 17 heavy (non-hydrogen) atoms. The van der Waals surface area contributed by atoms with E-state index in [4.69, 9.17) is 0 Å². The second-order valence-electron chi connectivity index (χ2n) is 4.91. The number of benzene rings is 1. The SMILES string of the molecule is CN(CC1CCCNCC1)c1cccc(F)c1. The molecule has 2 nitrogen and oxygen atoms in total. The minimum absolute atomic E-state index is 0.156. The number of halogens is 1. The van der Waals surface area contributed by atoms with Crippen molar-refractivity contribution in [2.75, 3.05) is 31.6 Å². The Morgan fingerprint density at radius 3 is 3.06 bits per heavy atom. The Kier molecular flexibility index (Phi) is 4.37. The molecule has 1 aliphatic rings. The molecule has 1 fully saturated rings. The van der Waals surface area contributed by atoms with Gasteiger partial charge < -0.3 is 10.2 Å². The van der Waals surface area contributed by atoms with Gasteiger partial charge in [0.1, 0.15) is 5.82 Å². The molecule has 1 aromatic carbocycles. The van der Waals surface area contributed by atoms with Crippen LogP contribution in [-0.2, 0) is 0 Å². The van der Waals surface area contributed by atoms with Crippen LogP contribution in [0.25, 0.3) is 0 Å². The summed E-state index contributed by atoms with van der Waals surface area (Å²) in [6.45, 7) is 3.27. The van der Waals surface area contributed by atoms with E-state index in [1.54, 1.807) is 12.1 Å². The highest BCUT2D eigenvalue weighted by atomic mass is 19.1. The number of rotatable bonds is 3. The van der Waals surface area contributed by atoms with E-state index in [2.05, 4.69) is 10.2 Å². The van der Waals surface area contributed by atoms with Crippen LogP contribution in [-0.4, -0.2) is 26.7 Å². The minimum Gasteiger partial charge on any atom is -0.374 e. The second-order valence-corrected chi connectivity index (χ2v) is 4.91.